The van der Waals surface area contributed by atoms with Gasteiger partial charge in [-0.05, 0) is 6.42 Å². The van der Waals surface area contributed by atoms with Crippen molar-refractivity contribution in [1.29, 1.82) is 0 Å². The first-order chi connectivity index (χ1) is 7.47. The highest BCUT2D eigenvalue weighted by atomic mass is 19.3. The van der Waals surface area contributed by atoms with Crippen LogP contribution in [-0.4, -0.2) is 27.7 Å². The minimum Gasteiger partial charge on any atom is -0.359 e. The van der Waals surface area contributed by atoms with Crippen molar-refractivity contribution in [2.24, 2.45) is 7.05 Å². The lowest BCUT2D eigenvalue weighted by molar-refractivity contribution is -0.384. The van der Waals surface area contributed by atoms with E-state index in [4.69, 9.17) is 0 Å². The quantitative estimate of drug-likeness (QED) is 0.620. The number of halogens is 2. The van der Waals surface area contributed by atoms with Crippen molar-refractivity contribution < 1.29 is 13.7 Å². The summed E-state index contributed by atoms with van der Waals surface area (Å²) >= 11 is 0. The lowest BCUT2D eigenvalue weighted by atomic mass is 10.3. The largest absolute Gasteiger partial charge is 0.359 e. The van der Waals surface area contributed by atoms with Crippen molar-refractivity contribution in [3.8, 4) is 0 Å². The van der Waals surface area contributed by atoms with E-state index in [-0.39, 0.29) is 17.2 Å². The second-order valence-corrected chi connectivity index (χ2v) is 3.15. The molecule has 1 rings (SSSR count). The molecule has 0 aliphatic heterocycles. The molecule has 0 aliphatic carbocycles. The van der Waals surface area contributed by atoms with E-state index in [9.17, 15) is 18.9 Å². The number of hydrogen-bond donors (Lipinski definition) is 1. The molecule has 0 amide bonds. The molecule has 16 heavy (non-hydrogen) atoms. The third-order valence-electron chi connectivity index (χ3n) is 2.03. The number of aryl methyl sites for hydroxylation is 2. The first kappa shape index (κ1) is 12.3. The van der Waals surface area contributed by atoms with Crippen LogP contribution >= 0.6 is 0 Å². The summed E-state index contributed by atoms with van der Waals surface area (Å²) in [5.41, 5.74) is 0.0508. The molecule has 0 saturated carbocycles. The van der Waals surface area contributed by atoms with E-state index in [1.165, 1.54) is 11.7 Å². The van der Waals surface area contributed by atoms with Gasteiger partial charge < -0.3 is 5.32 Å². The zero-order chi connectivity index (χ0) is 12.3. The predicted molar refractivity (Wildman–Crippen MR) is 53.7 cm³/mol. The molecule has 1 N–H and O–H groups in total. The number of nitro groups is 1. The Morgan fingerprint density at radius 1 is 1.62 bits per heavy atom. The number of nitrogens with one attached hydrogen (secondary N) is 1. The highest BCUT2D eigenvalue weighted by Crippen LogP contribution is 2.28. The Morgan fingerprint density at radius 3 is 2.69 bits per heavy atom. The Balaban J connectivity index is 3.05. The Kier molecular flexibility index (Phi) is 3.75. The third kappa shape index (κ3) is 2.44. The van der Waals surface area contributed by atoms with Crippen molar-refractivity contribution in [2.45, 2.75) is 19.8 Å². The summed E-state index contributed by atoms with van der Waals surface area (Å²) in [6, 6.07) is 0. The average molecular weight is 234 g/mol. The Labute approximate surface area is 90.4 Å². The van der Waals surface area contributed by atoms with Crippen molar-refractivity contribution >= 4 is 11.5 Å². The van der Waals surface area contributed by atoms with Crippen LogP contribution in [-0.2, 0) is 13.5 Å². The van der Waals surface area contributed by atoms with Crippen LogP contribution in [0.15, 0.2) is 0 Å². The molecule has 0 aliphatic rings. The third-order valence-corrected chi connectivity index (χ3v) is 2.03. The molecule has 0 spiro atoms. The van der Waals surface area contributed by atoms with Gasteiger partial charge in [0.2, 0.25) is 5.82 Å². The van der Waals surface area contributed by atoms with Crippen LogP contribution in [0.1, 0.15) is 12.6 Å². The average Bonchev–Trinajstić information content (AvgIpc) is 2.51. The summed E-state index contributed by atoms with van der Waals surface area (Å²) in [4.78, 5) is 10.2. The van der Waals surface area contributed by atoms with Gasteiger partial charge >= 0.3 is 5.69 Å². The molecule has 0 atom stereocenters. The molecule has 1 aromatic rings. The first-order valence-electron chi connectivity index (χ1n) is 4.69. The first-order valence-corrected chi connectivity index (χ1v) is 4.69. The maximum absolute atomic E-state index is 12.0. The molecule has 90 valence electrons. The number of anilines is 1. The molecule has 0 saturated heterocycles. The maximum Gasteiger partial charge on any atom is 0.333 e. The van der Waals surface area contributed by atoms with Crippen molar-refractivity contribution in [3.63, 3.8) is 0 Å². The van der Waals surface area contributed by atoms with Crippen molar-refractivity contribution in [2.75, 3.05) is 11.9 Å². The van der Waals surface area contributed by atoms with Gasteiger partial charge in [0.15, 0.2) is 0 Å². The fraction of sp³-hybridized carbons (Fsp3) is 0.625. The van der Waals surface area contributed by atoms with E-state index in [2.05, 4.69) is 10.4 Å². The standard InChI is InChI=1S/C8H12F2N4O2/c1-3-5-7(14(15)16)8(13(2)12-5)11-4-6(9)10/h6,11H,3-4H2,1-2H3. The van der Waals surface area contributed by atoms with Crippen molar-refractivity contribution in [3.05, 3.63) is 15.8 Å². The summed E-state index contributed by atoms with van der Waals surface area (Å²) in [6.45, 7) is 1.08. The summed E-state index contributed by atoms with van der Waals surface area (Å²) in [5, 5.41) is 17.0. The second kappa shape index (κ2) is 4.86. The van der Waals surface area contributed by atoms with Crippen LogP contribution in [0.3, 0.4) is 0 Å². The number of aromatic nitrogens is 2. The zero-order valence-electron chi connectivity index (χ0n) is 8.91. The zero-order valence-corrected chi connectivity index (χ0v) is 8.91. The van der Waals surface area contributed by atoms with E-state index in [1.54, 1.807) is 6.92 Å². The van der Waals surface area contributed by atoms with Crippen LogP contribution in [0.4, 0.5) is 20.3 Å². The van der Waals surface area contributed by atoms with Gasteiger partial charge in [-0.3, -0.25) is 10.1 Å². The van der Waals surface area contributed by atoms with E-state index in [0.29, 0.717) is 6.42 Å². The van der Waals surface area contributed by atoms with Gasteiger partial charge in [-0.15, -0.1) is 0 Å². The lowest BCUT2D eigenvalue weighted by Gasteiger charge is -2.04. The topological polar surface area (TPSA) is 73.0 Å². The minimum atomic E-state index is -2.57. The van der Waals surface area contributed by atoms with Gasteiger partial charge in [-0.25, -0.2) is 13.5 Å². The Morgan fingerprint density at radius 2 is 2.25 bits per heavy atom. The Bertz CT molecular complexity index is 392. The smallest absolute Gasteiger partial charge is 0.333 e. The Hall–Kier alpha value is -1.73. The molecule has 0 bridgehead atoms. The molecule has 0 radical (unpaired) electrons. The van der Waals surface area contributed by atoms with E-state index >= 15 is 0 Å². The molecule has 6 nitrogen and oxygen atoms in total. The second-order valence-electron chi connectivity index (χ2n) is 3.15. The minimum absolute atomic E-state index is 0.0159. The summed E-state index contributed by atoms with van der Waals surface area (Å²) in [7, 11) is 1.47. The number of hydrogen-bond acceptors (Lipinski definition) is 4. The van der Waals surface area contributed by atoms with Gasteiger partial charge in [0, 0.05) is 7.05 Å². The molecular formula is C8H12F2N4O2. The van der Waals surface area contributed by atoms with Crippen LogP contribution < -0.4 is 5.32 Å². The molecule has 0 aromatic carbocycles. The SMILES string of the molecule is CCc1nn(C)c(NCC(F)F)c1[N+](=O)[O-]. The number of alkyl halides is 2. The lowest BCUT2D eigenvalue weighted by Crippen LogP contribution is -2.13. The van der Waals surface area contributed by atoms with Gasteiger partial charge in [0.05, 0.1) is 11.5 Å². The highest BCUT2D eigenvalue weighted by molar-refractivity contribution is 5.59. The molecular weight excluding hydrogens is 222 g/mol. The summed E-state index contributed by atoms with van der Waals surface area (Å²) < 4.78 is 25.2. The maximum atomic E-state index is 12.0. The van der Waals surface area contributed by atoms with Crippen LogP contribution in [0, 0.1) is 10.1 Å². The summed E-state index contributed by atoms with van der Waals surface area (Å²) in [6.07, 6.45) is -2.19. The van der Waals surface area contributed by atoms with Crippen LogP contribution in [0.5, 0.6) is 0 Å². The molecule has 0 fully saturated rings. The van der Waals surface area contributed by atoms with Gasteiger partial charge in [0.25, 0.3) is 6.43 Å². The fourth-order valence-electron chi connectivity index (χ4n) is 1.37. The monoisotopic (exact) mass is 234 g/mol. The normalized spacial score (nSPS) is 10.8. The predicted octanol–water partition coefficient (Wildman–Crippen LogP) is 1.57. The molecule has 1 aromatic heterocycles. The highest BCUT2D eigenvalue weighted by Gasteiger charge is 2.25. The van der Waals surface area contributed by atoms with E-state index in [0.717, 1.165) is 0 Å². The number of rotatable bonds is 5. The fourth-order valence-corrected chi connectivity index (χ4v) is 1.37. The summed E-state index contributed by atoms with van der Waals surface area (Å²) in [5.74, 6) is 0.0159. The van der Waals surface area contributed by atoms with Crippen LogP contribution in [0.2, 0.25) is 0 Å². The van der Waals surface area contributed by atoms with E-state index < -0.39 is 17.9 Å². The van der Waals surface area contributed by atoms with Crippen LogP contribution in [0.25, 0.3) is 0 Å². The van der Waals surface area contributed by atoms with Gasteiger partial charge in [-0.1, -0.05) is 6.92 Å². The molecule has 0 unspecified atom stereocenters. The molecule has 8 heteroatoms. The number of nitrogens with zero attached hydrogens (tertiary/aromatic N) is 3. The van der Waals surface area contributed by atoms with Crippen molar-refractivity contribution in [1.82, 2.24) is 9.78 Å². The molecule has 1 heterocycles. The van der Waals surface area contributed by atoms with E-state index in [1.807, 2.05) is 0 Å². The van der Waals surface area contributed by atoms with Gasteiger partial charge in [-0.2, -0.15) is 5.10 Å². The van der Waals surface area contributed by atoms with Gasteiger partial charge in [0.1, 0.15) is 5.69 Å².